The maximum atomic E-state index is 11.6. The fourth-order valence-electron chi connectivity index (χ4n) is 1.38. The van der Waals surface area contributed by atoms with Gasteiger partial charge in [0, 0.05) is 12.1 Å². The molecule has 1 aromatic rings. The van der Waals surface area contributed by atoms with E-state index < -0.39 is 27.1 Å². The van der Waals surface area contributed by atoms with Gasteiger partial charge >= 0.3 is 0 Å². The van der Waals surface area contributed by atoms with Crippen molar-refractivity contribution in [1.29, 1.82) is 0 Å². The molecule has 0 atom stereocenters. The molecular formula is C9H8N4O5S. The Balaban J connectivity index is 3.42. The lowest BCUT2D eigenvalue weighted by atomic mass is 10.1. The molecule has 0 bridgehead atoms. The molecule has 3 N–H and O–H groups in total. The number of nitro groups is 2. The highest BCUT2D eigenvalue weighted by molar-refractivity contribution is 7.80. The van der Waals surface area contributed by atoms with E-state index in [0.717, 1.165) is 12.1 Å². The maximum absolute atomic E-state index is 11.6. The van der Waals surface area contributed by atoms with Gasteiger partial charge in [0.05, 0.1) is 15.4 Å². The number of amides is 1. The highest BCUT2D eigenvalue weighted by Crippen LogP contribution is 2.29. The molecular weight excluding hydrogens is 276 g/mol. The van der Waals surface area contributed by atoms with E-state index in [2.05, 4.69) is 12.2 Å². The van der Waals surface area contributed by atoms with Gasteiger partial charge in [-0.3, -0.25) is 30.3 Å². The number of thiocarbonyl (C=S) groups is 1. The second kappa shape index (κ2) is 5.35. The van der Waals surface area contributed by atoms with Crippen molar-refractivity contribution in [1.82, 2.24) is 5.32 Å². The highest BCUT2D eigenvalue weighted by atomic mass is 32.1. The summed E-state index contributed by atoms with van der Waals surface area (Å²) in [5.41, 5.74) is 3.63. The average molecular weight is 284 g/mol. The van der Waals surface area contributed by atoms with E-state index in [1.54, 1.807) is 0 Å². The number of nitrogens with one attached hydrogen (secondary N) is 1. The Labute approximate surface area is 111 Å². The van der Waals surface area contributed by atoms with Crippen molar-refractivity contribution >= 4 is 34.6 Å². The van der Waals surface area contributed by atoms with Gasteiger partial charge in [-0.25, -0.2) is 0 Å². The number of hydrogen-bond acceptors (Lipinski definition) is 6. The fourth-order valence-corrected chi connectivity index (χ4v) is 1.47. The minimum atomic E-state index is -0.848. The minimum Gasteiger partial charge on any atom is -0.376 e. The molecule has 0 radical (unpaired) electrons. The van der Waals surface area contributed by atoms with Crippen LogP contribution >= 0.6 is 12.2 Å². The Morgan fingerprint density at radius 1 is 1.26 bits per heavy atom. The first-order valence-corrected chi connectivity index (χ1v) is 5.19. The van der Waals surface area contributed by atoms with E-state index in [4.69, 9.17) is 5.73 Å². The Hall–Kier alpha value is -2.62. The van der Waals surface area contributed by atoms with Crippen molar-refractivity contribution < 1.29 is 14.6 Å². The lowest BCUT2D eigenvalue weighted by molar-refractivity contribution is -0.395. The molecule has 0 aliphatic carbocycles. The molecule has 0 aliphatic rings. The molecule has 0 heterocycles. The average Bonchev–Trinajstić information content (AvgIpc) is 2.27. The van der Waals surface area contributed by atoms with Gasteiger partial charge < -0.3 is 5.73 Å². The topological polar surface area (TPSA) is 141 Å². The van der Waals surface area contributed by atoms with Crippen LogP contribution in [0.4, 0.5) is 11.4 Å². The Morgan fingerprint density at radius 2 is 1.68 bits per heavy atom. The summed E-state index contributed by atoms with van der Waals surface area (Å²) in [7, 11) is 0. The maximum Gasteiger partial charge on any atom is 0.279 e. The van der Waals surface area contributed by atoms with E-state index in [9.17, 15) is 25.0 Å². The van der Waals surface area contributed by atoms with Gasteiger partial charge in [0.1, 0.15) is 5.56 Å². The third-order valence-corrected chi connectivity index (χ3v) is 2.35. The predicted octanol–water partition coefficient (Wildman–Crippen LogP) is 0.785. The lowest BCUT2D eigenvalue weighted by Crippen LogP contribution is -2.34. The smallest absolute Gasteiger partial charge is 0.279 e. The minimum absolute atomic E-state index is 0.137. The highest BCUT2D eigenvalue weighted by Gasteiger charge is 2.25. The third-order valence-electron chi connectivity index (χ3n) is 2.25. The van der Waals surface area contributed by atoms with Crippen LogP contribution in [-0.4, -0.2) is 20.9 Å². The predicted molar refractivity (Wildman–Crippen MR) is 68.7 cm³/mol. The van der Waals surface area contributed by atoms with Crippen molar-refractivity contribution in [3.8, 4) is 0 Å². The van der Waals surface area contributed by atoms with Crippen LogP contribution in [0.2, 0.25) is 0 Å². The van der Waals surface area contributed by atoms with Crippen LogP contribution in [0.25, 0.3) is 0 Å². The number of nitrogens with zero attached hydrogens (tertiary/aromatic N) is 2. The molecule has 10 heteroatoms. The monoisotopic (exact) mass is 284 g/mol. The van der Waals surface area contributed by atoms with Gasteiger partial charge in [-0.05, 0) is 19.1 Å². The van der Waals surface area contributed by atoms with Gasteiger partial charge in [-0.1, -0.05) is 0 Å². The summed E-state index contributed by atoms with van der Waals surface area (Å²) in [6.07, 6.45) is 0. The summed E-state index contributed by atoms with van der Waals surface area (Å²) in [6, 6.07) is 1.85. The summed E-state index contributed by atoms with van der Waals surface area (Å²) in [4.78, 5) is 31.6. The molecule has 0 unspecified atom stereocenters. The van der Waals surface area contributed by atoms with E-state index in [-0.39, 0.29) is 16.2 Å². The molecule has 0 aromatic heterocycles. The Kier molecular flexibility index (Phi) is 4.07. The number of carbonyl (C=O) groups is 1. The Bertz CT molecular complexity index is 565. The quantitative estimate of drug-likeness (QED) is 0.474. The molecule has 19 heavy (non-hydrogen) atoms. The third kappa shape index (κ3) is 3.19. The van der Waals surface area contributed by atoms with Crippen molar-refractivity contribution in [3.05, 3.63) is 43.5 Å². The van der Waals surface area contributed by atoms with Crippen molar-refractivity contribution in [2.45, 2.75) is 6.92 Å². The number of carbonyl (C=O) groups excluding carboxylic acids is 1. The number of nitro benzene ring substituents is 2. The second-order valence-corrected chi connectivity index (χ2v) is 3.91. The largest absolute Gasteiger partial charge is 0.376 e. The molecule has 1 rings (SSSR count). The number of rotatable bonds is 3. The van der Waals surface area contributed by atoms with Crippen molar-refractivity contribution in [3.63, 3.8) is 0 Å². The zero-order valence-corrected chi connectivity index (χ0v) is 10.4. The van der Waals surface area contributed by atoms with Gasteiger partial charge in [-0.15, -0.1) is 0 Å². The molecule has 0 aliphatic heterocycles. The van der Waals surface area contributed by atoms with Gasteiger partial charge in [-0.2, -0.15) is 0 Å². The van der Waals surface area contributed by atoms with Crippen LogP contribution in [0.1, 0.15) is 15.9 Å². The molecule has 100 valence electrons. The van der Waals surface area contributed by atoms with Gasteiger partial charge in [0.25, 0.3) is 17.3 Å². The summed E-state index contributed by atoms with van der Waals surface area (Å²) in [5.74, 6) is -0.848. The number of nitrogens with two attached hydrogens (primary N) is 1. The lowest BCUT2D eigenvalue weighted by Gasteiger charge is -2.05. The van der Waals surface area contributed by atoms with Crippen LogP contribution in [0.5, 0.6) is 0 Å². The normalized spacial score (nSPS) is 9.74. The standard InChI is InChI=1S/C9H8N4O5S/c1-4-6(12(15)16)2-5(3-7(4)13(17)18)8(14)11-9(10)19/h2-3H,1H3,(H3,10,11,14,19). The molecule has 1 amide bonds. The molecule has 0 saturated heterocycles. The summed E-state index contributed by atoms with van der Waals surface area (Å²) >= 11 is 4.44. The van der Waals surface area contributed by atoms with E-state index in [0.29, 0.717) is 0 Å². The first-order chi connectivity index (χ1) is 8.73. The fraction of sp³-hybridized carbons (Fsp3) is 0.111. The van der Waals surface area contributed by atoms with Gasteiger partial charge in [0.2, 0.25) is 0 Å². The van der Waals surface area contributed by atoms with Crippen molar-refractivity contribution in [2.24, 2.45) is 5.73 Å². The zero-order chi connectivity index (χ0) is 14.7. The van der Waals surface area contributed by atoms with E-state index >= 15 is 0 Å². The van der Waals surface area contributed by atoms with E-state index in [1.165, 1.54) is 6.92 Å². The number of hydrogen-bond donors (Lipinski definition) is 2. The Morgan fingerprint density at radius 3 is 2.00 bits per heavy atom. The number of benzene rings is 1. The molecule has 0 spiro atoms. The first-order valence-electron chi connectivity index (χ1n) is 4.78. The summed E-state index contributed by atoms with van der Waals surface area (Å²) in [5, 5.41) is 23.3. The van der Waals surface area contributed by atoms with Crippen LogP contribution in [-0.2, 0) is 0 Å². The van der Waals surface area contributed by atoms with Crippen LogP contribution < -0.4 is 11.1 Å². The van der Waals surface area contributed by atoms with Crippen molar-refractivity contribution in [2.75, 3.05) is 0 Å². The van der Waals surface area contributed by atoms with Crippen LogP contribution in [0.15, 0.2) is 12.1 Å². The summed E-state index contributed by atoms with van der Waals surface area (Å²) < 4.78 is 0. The molecule has 0 fully saturated rings. The molecule has 9 nitrogen and oxygen atoms in total. The molecule has 0 saturated carbocycles. The van der Waals surface area contributed by atoms with Crippen LogP contribution in [0.3, 0.4) is 0 Å². The molecule has 1 aromatic carbocycles. The zero-order valence-electron chi connectivity index (χ0n) is 9.58. The SMILES string of the molecule is Cc1c([N+](=O)[O-])cc(C(=O)NC(N)=S)cc1[N+](=O)[O-]. The summed E-state index contributed by atoms with van der Waals surface area (Å²) in [6.45, 7) is 1.23. The van der Waals surface area contributed by atoms with Gasteiger partial charge in [0.15, 0.2) is 5.11 Å². The second-order valence-electron chi connectivity index (χ2n) is 3.47. The van der Waals surface area contributed by atoms with Crippen LogP contribution in [0, 0.1) is 27.2 Å². The van der Waals surface area contributed by atoms with E-state index in [1.807, 2.05) is 5.32 Å². The first kappa shape index (κ1) is 14.4.